The third-order valence-electron chi connectivity index (χ3n) is 3.80. The van der Waals surface area contributed by atoms with Crippen molar-refractivity contribution in [3.8, 4) is 0 Å². The summed E-state index contributed by atoms with van der Waals surface area (Å²) in [4.78, 5) is 38.1. The van der Waals surface area contributed by atoms with E-state index in [2.05, 4.69) is 10.5 Å². The Morgan fingerprint density at radius 3 is 2.50 bits per heavy atom. The number of carboxylic acid groups (broad SMARTS) is 1. The van der Waals surface area contributed by atoms with Gasteiger partial charge in [0.15, 0.2) is 0 Å². The van der Waals surface area contributed by atoms with Crippen LogP contribution in [-0.2, 0) is 19.2 Å². The molecule has 0 saturated carbocycles. The predicted molar refractivity (Wildman–Crippen MR) is 109 cm³/mol. The van der Waals surface area contributed by atoms with Crippen LogP contribution in [-0.4, -0.2) is 41.3 Å². The summed E-state index contributed by atoms with van der Waals surface area (Å²) in [7, 11) is 1.32. The number of carbonyl (C=O) groups is 2. The zero-order chi connectivity index (χ0) is 22.1. The lowest BCUT2D eigenvalue weighted by Gasteiger charge is -2.13. The second-order valence-corrected chi connectivity index (χ2v) is 5.90. The van der Waals surface area contributed by atoms with Crippen LogP contribution in [0.1, 0.15) is 18.1 Å². The first-order valence-electron chi connectivity index (χ1n) is 8.62. The Bertz CT molecular complexity index is 1010. The fraction of sp³-hybridized carbons (Fsp3) is 0.150. The summed E-state index contributed by atoms with van der Waals surface area (Å²) >= 11 is 0. The molecule has 2 aromatic carbocycles. The summed E-state index contributed by atoms with van der Waals surface area (Å²) < 4.78 is 4.87. The summed E-state index contributed by atoms with van der Waals surface area (Å²) in [5, 5.41) is 27.3. The highest BCUT2D eigenvalue weighted by Gasteiger charge is 2.19. The zero-order valence-electron chi connectivity index (χ0n) is 16.2. The number of methoxy groups -OCH3 is 1. The van der Waals surface area contributed by atoms with Crippen molar-refractivity contribution < 1.29 is 29.2 Å². The van der Waals surface area contributed by atoms with Crippen molar-refractivity contribution in [3.63, 3.8) is 0 Å². The number of nitrogens with one attached hydrogen (secondary N) is 1. The van der Waals surface area contributed by atoms with E-state index in [1.165, 1.54) is 32.2 Å². The van der Waals surface area contributed by atoms with Crippen molar-refractivity contribution in [2.24, 2.45) is 5.16 Å². The number of oxime groups is 1. The van der Waals surface area contributed by atoms with Crippen LogP contribution < -0.4 is 5.32 Å². The molecule has 0 aliphatic carbocycles. The van der Waals surface area contributed by atoms with Crippen molar-refractivity contribution in [1.29, 1.82) is 0 Å². The Kier molecular flexibility index (Phi) is 7.63. The number of benzene rings is 2. The van der Waals surface area contributed by atoms with Gasteiger partial charge >= 0.3 is 11.9 Å². The molecule has 10 nitrogen and oxygen atoms in total. The van der Waals surface area contributed by atoms with E-state index in [0.717, 1.165) is 6.26 Å². The molecule has 0 saturated heterocycles. The van der Waals surface area contributed by atoms with Crippen LogP contribution in [0.25, 0.3) is 5.57 Å². The number of nitro groups is 1. The van der Waals surface area contributed by atoms with Crippen molar-refractivity contribution in [2.75, 3.05) is 19.0 Å². The second kappa shape index (κ2) is 10.4. The molecule has 0 radical (unpaired) electrons. The Labute approximate surface area is 171 Å². The molecule has 30 heavy (non-hydrogen) atoms. The first-order valence-corrected chi connectivity index (χ1v) is 8.62. The van der Waals surface area contributed by atoms with Gasteiger partial charge in [0.25, 0.3) is 5.69 Å². The zero-order valence-corrected chi connectivity index (χ0v) is 16.2. The minimum absolute atomic E-state index is 0.00859. The van der Waals surface area contributed by atoms with Crippen molar-refractivity contribution >= 4 is 34.6 Å². The molecule has 156 valence electrons. The summed E-state index contributed by atoms with van der Waals surface area (Å²) in [6.07, 6.45) is 1.08. The molecule has 0 fully saturated rings. The van der Waals surface area contributed by atoms with Gasteiger partial charge in [-0.15, -0.1) is 0 Å². The van der Waals surface area contributed by atoms with E-state index in [-0.39, 0.29) is 23.5 Å². The molecule has 0 aliphatic rings. The van der Waals surface area contributed by atoms with E-state index in [9.17, 15) is 24.8 Å². The number of hydrogen-bond donors (Lipinski definition) is 2. The highest BCUT2D eigenvalue weighted by atomic mass is 16.7. The number of carbonyl (C=O) groups excluding carboxylic acids is 1. The average molecular weight is 413 g/mol. The normalized spacial score (nSPS) is 11.5. The Hall–Kier alpha value is -4.21. The van der Waals surface area contributed by atoms with Gasteiger partial charge in [-0.05, 0) is 6.07 Å². The summed E-state index contributed by atoms with van der Waals surface area (Å²) in [5.41, 5.74) is 1.08. The van der Waals surface area contributed by atoms with Crippen LogP contribution in [0.2, 0.25) is 0 Å². The largest absolute Gasteiger partial charge is 0.503 e. The number of ether oxygens (including phenoxy) is 1. The van der Waals surface area contributed by atoms with Crippen molar-refractivity contribution in [1.82, 2.24) is 0 Å². The standard InChI is InChI=1S/C20H19N3O7/c1-13(24)30-22-19(11-21-14-6-5-7-15(10-14)23(27)28)17-9-4-3-8-16(17)18(12-29-2)20(25)26/h3-10,12,21H,11H2,1-2H3,(H,25,26). The van der Waals surface area contributed by atoms with Gasteiger partial charge in [0.1, 0.15) is 11.3 Å². The highest BCUT2D eigenvalue weighted by Crippen LogP contribution is 2.22. The lowest BCUT2D eigenvalue weighted by atomic mass is 9.97. The van der Waals surface area contributed by atoms with Gasteiger partial charge in [-0.25, -0.2) is 9.59 Å². The van der Waals surface area contributed by atoms with Crippen LogP contribution >= 0.6 is 0 Å². The first-order chi connectivity index (χ1) is 14.3. The molecule has 0 aromatic heterocycles. The van der Waals surface area contributed by atoms with Gasteiger partial charge in [0.2, 0.25) is 0 Å². The molecule has 10 heteroatoms. The Morgan fingerprint density at radius 2 is 1.90 bits per heavy atom. The number of rotatable bonds is 9. The smallest absolute Gasteiger partial charge is 0.339 e. The van der Waals surface area contributed by atoms with E-state index >= 15 is 0 Å². The fourth-order valence-corrected chi connectivity index (χ4v) is 2.53. The summed E-state index contributed by atoms with van der Waals surface area (Å²) in [6.45, 7) is 1.17. The maximum Gasteiger partial charge on any atom is 0.339 e. The van der Waals surface area contributed by atoms with Crippen molar-refractivity contribution in [3.05, 3.63) is 76.0 Å². The molecule has 0 atom stereocenters. The molecule has 0 spiro atoms. The molecule has 2 aromatic rings. The summed E-state index contributed by atoms with van der Waals surface area (Å²) in [5.74, 6) is -1.88. The highest BCUT2D eigenvalue weighted by molar-refractivity contribution is 6.19. The van der Waals surface area contributed by atoms with E-state index in [4.69, 9.17) is 9.57 Å². The van der Waals surface area contributed by atoms with Gasteiger partial charge in [-0.3, -0.25) is 10.1 Å². The number of hydrogen-bond acceptors (Lipinski definition) is 8. The molecule has 0 aliphatic heterocycles. The maximum atomic E-state index is 11.7. The molecule has 2 rings (SSSR count). The number of carboxylic acids is 1. The molecule has 0 heterocycles. The monoisotopic (exact) mass is 413 g/mol. The number of nitro benzene ring substituents is 1. The van der Waals surface area contributed by atoms with E-state index in [1.807, 2.05) is 0 Å². The average Bonchev–Trinajstić information content (AvgIpc) is 2.72. The van der Waals surface area contributed by atoms with Crippen LogP contribution in [0, 0.1) is 10.1 Å². The SMILES string of the molecule is COC=C(C(=O)O)c1ccccc1C(CNc1cccc([N+](=O)[O-])c1)=NOC(C)=O. The quantitative estimate of drug-likeness (QED) is 0.160. The number of non-ortho nitro benzene ring substituents is 1. The Morgan fingerprint density at radius 1 is 1.20 bits per heavy atom. The fourth-order valence-electron chi connectivity index (χ4n) is 2.53. The maximum absolute atomic E-state index is 11.7. The molecule has 0 amide bonds. The van der Waals surface area contributed by atoms with E-state index in [0.29, 0.717) is 16.8 Å². The lowest BCUT2D eigenvalue weighted by Crippen LogP contribution is -2.19. The Balaban J connectivity index is 2.44. The van der Waals surface area contributed by atoms with Crippen LogP contribution in [0.4, 0.5) is 11.4 Å². The third kappa shape index (κ3) is 5.89. The second-order valence-electron chi connectivity index (χ2n) is 5.90. The van der Waals surface area contributed by atoms with Gasteiger partial charge in [0.05, 0.1) is 24.8 Å². The number of nitrogens with zero attached hydrogens (tertiary/aromatic N) is 2. The minimum Gasteiger partial charge on any atom is -0.503 e. The van der Waals surface area contributed by atoms with Gasteiger partial charge in [0, 0.05) is 35.9 Å². The molecule has 0 bridgehead atoms. The first kappa shape index (κ1) is 22.1. The topological polar surface area (TPSA) is 140 Å². The van der Waals surface area contributed by atoms with Gasteiger partial charge in [-0.2, -0.15) is 0 Å². The van der Waals surface area contributed by atoms with E-state index in [1.54, 1.807) is 30.3 Å². The third-order valence-corrected chi connectivity index (χ3v) is 3.80. The molecular formula is C20H19N3O7. The van der Waals surface area contributed by atoms with Crippen LogP contribution in [0.15, 0.2) is 59.9 Å². The predicted octanol–water partition coefficient (Wildman–Crippen LogP) is 3.05. The van der Waals surface area contributed by atoms with Gasteiger partial charge < -0.3 is 20.0 Å². The lowest BCUT2D eigenvalue weighted by molar-refractivity contribution is -0.384. The van der Waals surface area contributed by atoms with E-state index < -0.39 is 16.9 Å². The molecule has 2 N–H and O–H groups in total. The number of anilines is 1. The summed E-state index contributed by atoms with van der Waals surface area (Å²) in [6, 6.07) is 12.3. The van der Waals surface area contributed by atoms with Gasteiger partial charge in [-0.1, -0.05) is 35.5 Å². The molecular weight excluding hydrogens is 394 g/mol. The van der Waals surface area contributed by atoms with Crippen LogP contribution in [0.3, 0.4) is 0 Å². The minimum atomic E-state index is -1.22. The molecule has 0 unspecified atom stereocenters. The number of aliphatic carboxylic acids is 1. The van der Waals surface area contributed by atoms with Crippen molar-refractivity contribution in [2.45, 2.75) is 6.92 Å². The van der Waals surface area contributed by atoms with Crippen LogP contribution in [0.5, 0.6) is 0 Å².